The van der Waals surface area contributed by atoms with E-state index in [1.54, 1.807) is 20.8 Å². The zero-order chi connectivity index (χ0) is 39.0. The minimum atomic E-state index is -4.50. The van der Waals surface area contributed by atoms with Crippen LogP contribution >= 0.6 is 0 Å². The number of aryl methyl sites for hydroxylation is 2. The lowest BCUT2D eigenvalue weighted by Gasteiger charge is -2.21. The molecule has 0 saturated heterocycles. The fourth-order valence-corrected chi connectivity index (χ4v) is 6.76. The van der Waals surface area contributed by atoms with Crippen LogP contribution in [0.25, 0.3) is 16.6 Å². The number of aliphatic carboxylic acids is 1. The third-order valence-corrected chi connectivity index (χ3v) is 9.60. The first-order valence-corrected chi connectivity index (χ1v) is 17.4. The van der Waals surface area contributed by atoms with Crippen molar-refractivity contribution < 1.29 is 36.7 Å². The number of aromatic nitrogens is 3. The molecule has 53 heavy (non-hydrogen) atoms. The molecule has 0 aliphatic rings. The molecular formula is C36H34F2N6O8S. The Morgan fingerprint density at radius 1 is 0.943 bits per heavy atom. The van der Waals surface area contributed by atoms with Crippen molar-refractivity contribution in [3.05, 3.63) is 128 Å². The van der Waals surface area contributed by atoms with Crippen LogP contribution in [0.4, 0.5) is 14.5 Å². The van der Waals surface area contributed by atoms with Crippen molar-refractivity contribution >= 4 is 44.4 Å². The van der Waals surface area contributed by atoms with Crippen LogP contribution in [0.2, 0.25) is 0 Å². The summed E-state index contributed by atoms with van der Waals surface area (Å²) < 4.78 is 60.7. The van der Waals surface area contributed by atoms with Gasteiger partial charge in [0, 0.05) is 36.8 Å². The maximum absolute atomic E-state index is 15.2. The molecule has 2 heterocycles. The molecular weight excluding hydrogens is 714 g/mol. The summed E-state index contributed by atoms with van der Waals surface area (Å²) >= 11 is 0. The predicted molar refractivity (Wildman–Crippen MR) is 191 cm³/mol. The Bertz CT molecular complexity index is 2530. The van der Waals surface area contributed by atoms with E-state index in [2.05, 4.69) is 15.6 Å². The van der Waals surface area contributed by atoms with E-state index in [0.717, 1.165) is 10.6 Å². The molecule has 4 N–H and O–H groups in total. The molecule has 5 rings (SSSR count). The number of rotatable bonds is 10. The number of sulfonamides is 1. The smallest absolute Gasteiger partial charge is 0.335 e. The summed E-state index contributed by atoms with van der Waals surface area (Å²) in [6.07, 6.45) is 2.48. The van der Waals surface area contributed by atoms with Crippen molar-refractivity contribution in [2.24, 2.45) is 7.05 Å². The summed E-state index contributed by atoms with van der Waals surface area (Å²) in [6.45, 7) is 6.75. The van der Waals surface area contributed by atoms with E-state index in [4.69, 9.17) is 0 Å². The fourth-order valence-electron chi connectivity index (χ4n) is 5.48. The van der Waals surface area contributed by atoms with Crippen molar-refractivity contribution in [1.82, 2.24) is 24.8 Å². The van der Waals surface area contributed by atoms with Crippen LogP contribution in [0.1, 0.15) is 52.6 Å². The number of carboxylic acid groups (broad SMARTS) is 1. The predicted octanol–water partition coefficient (Wildman–Crippen LogP) is 3.43. The Morgan fingerprint density at radius 3 is 2.25 bits per heavy atom. The number of hydrogen-bond acceptors (Lipinski definition) is 8. The number of anilines is 1. The summed E-state index contributed by atoms with van der Waals surface area (Å²) in [6, 6.07) is 10.2. The quantitative estimate of drug-likeness (QED) is 0.165. The maximum atomic E-state index is 15.2. The molecule has 3 aromatic carbocycles. The van der Waals surface area contributed by atoms with Crippen molar-refractivity contribution in [3.63, 3.8) is 0 Å². The molecule has 0 bridgehead atoms. The Morgan fingerprint density at radius 2 is 1.62 bits per heavy atom. The highest BCUT2D eigenvalue weighted by Gasteiger charge is 2.26. The summed E-state index contributed by atoms with van der Waals surface area (Å²) in [5.74, 6) is -5.91. The van der Waals surface area contributed by atoms with Gasteiger partial charge in [0.05, 0.1) is 38.9 Å². The molecule has 14 nitrogen and oxygen atoms in total. The molecule has 17 heteroatoms. The van der Waals surface area contributed by atoms with Crippen LogP contribution in [-0.4, -0.2) is 57.0 Å². The first-order valence-electron chi connectivity index (χ1n) is 15.9. The summed E-state index contributed by atoms with van der Waals surface area (Å²) in [4.78, 5) is 67.2. The second-order valence-electron chi connectivity index (χ2n) is 13.2. The minimum absolute atomic E-state index is 0.148. The monoisotopic (exact) mass is 748 g/mol. The molecule has 0 aliphatic heterocycles. The molecule has 5 aromatic rings. The second kappa shape index (κ2) is 14.4. The third-order valence-electron chi connectivity index (χ3n) is 8.07. The topological polar surface area (TPSA) is 199 Å². The standard InChI is InChI=1S/C36H34F2N6O8S/c1-19-14-21(31(45)41-36(2,3)4)8-11-30(19)53(51,52)42-27-17-25(37)24(16-26(27)38)32(46)40-28(34(48)49)15-20-6-9-22(10-7-20)44-33(47)23-12-13-39-18-29(23)43(5)35(44)50/h6-14,16-18,28,42H,15H2,1-5H3,(H,40,46)(H,41,45)(H,48,49)/t28-/m0/s1. The van der Waals surface area contributed by atoms with Gasteiger partial charge in [0.15, 0.2) is 0 Å². The van der Waals surface area contributed by atoms with Crippen molar-refractivity contribution in [2.45, 2.75) is 50.6 Å². The number of carbonyl (C=O) groups excluding carboxylic acids is 2. The number of carbonyl (C=O) groups is 3. The first kappa shape index (κ1) is 38.0. The zero-order valence-corrected chi connectivity index (χ0v) is 29.8. The molecule has 2 amide bonds. The Labute approximate surface area is 301 Å². The van der Waals surface area contributed by atoms with Gasteiger partial charge in [-0.15, -0.1) is 0 Å². The van der Waals surface area contributed by atoms with Crippen LogP contribution < -0.4 is 26.6 Å². The molecule has 1 atom stereocenters. The highest BCUT2D eigenvalue weighted by atomic mass is 32.2. The van der Waals surface area contributed by atoms with Crippen molar-refractivity contribution in [3.8, 4) is 5.69 Å². The number of hydrogen-bond donors (Lipinski definition) is 4. The van der Waals surface area contributed by atoms with E-state index in [0.29, 0.717) is 23.2 Å². The Kier molecular flexibility index (Phi) is 10.3. The number of nitrogens with one attached hydrogen (secondary N) is 3. The normalized spacial score (nSPS) is 12.3. The molecule has 0 unspecified atom stereocenters. The van der Waals surface area contributed by atoms with Gasteiger partial charge >= 0.3 is 11.7 Å². The lowest BCUT2D eigenvalue weighted by Crippen LogP contribution is -2.42. The van der Waals surface area contributed by atoms with E-state index in [9.17, 15) is 37.5 Å². The van der Waals surface area contributed by atoms with Gasteiger partial charge in [-0.05, 0) is 81.3 Å². The number of halogens is 2. The maximum Gasteiger partial charge on any atom is 0.335 e. The van der Waals surface area contributed by atoms with Crippen LogP contribution in [0, 0.1) is 18.6 Å². The van der Waals surface area contributed by atoms with Gasteiger partial charge in [0.25, 0.3) is 27.4 Å². The number of nitrogens with zero attached hydrogens (tertiary/aromatic N) is 3. The van der Waals surface area contributed by atoms with Crippen LogP contribution in [0.5, 0.6) is 0 Å². The summed E-state index contributed by atoms with van der Waals surface area (Å²) in [7, 11) is -3.02. The molecule has 0 saturated carbocycles. The average Bonchev–Trinajstić information content (AvgIpc) is 3.08. The largest absolute Gasteiger partial charge is 0.480 e. The highest BCUT2D eigenvalue weighted by molar-refractivity contribution is 7.92. The van der Waals surface area contributed by atoms with Gasteiger partial charge < -0.3 is 15.7 Å². The number of amides is 2. The number of fused-ring (bicyclic) bond motifs is 1. The highest BCUT2D eigenvalue weighted by Crippen LogP contribution is 2.25. The van der Waals surface area contributed by atoms with E-state index in [-0.39, 0.29) is 33.5 Å². The Hall–Kier alpha value is -6.23. The number of pyridine rings is 1. The molecule has 0 fully saturated rings. The Balaban J connectivity index is 1.31. The lowest BCUT2D eigenvalue weighted by atomic mass is 10.0. The molecule has 276 valence electrons. The van der Waals surface area contributed by atoms with Gasteiger partial charge in [-0.1, -0.05) is 12.1 Å². The van der Waals surface area contributed by atoms with E-state index < -0.39 is 73.5 Å². The lowest BCUT2D eigenvalue weighted by molar-refractivity contribution is -0.139. The van der Waals surface area contributed by atoms with Gasteiger partial charge in [-0.2, -0.15) is 0 Å². The minimum Gasteiger partial charge on any atom is -0.480 e. The number of carboxylic acids is 1. The van der Waals surface area contributed by atoms with Gasteiger partial charge in [-0.25, -0.2) is 31.4 Å². The summed E-state index contributed by atoms with van der Waals surface area (Å²) in [5.41, 5.74) is -2.27. The SMILES string of the molecule is Cc1cc(C(=O)NC(C)(C)C)ccc1S(=O)(=O)Nc1cc(F)c(C(=O)N[C@@H](Cc2ccc(-n3c(=O)c4ccncc4n(C)c3=O)cc2)C(=O)O)cc1F. The molecule has 0 spiro atoms. The van der Waals surface area contributed by atoms with Gasteiger partial charge in [0.1, 0.15) is 17.7 Å². The van der Waals surface area contributed by atoms with Crippen LogP contribution in [0.3, 0.4) is 0 Å². The van der Waals surface area contributed by atoms with Crippen LogP contribution in [-0.2, 0) is 28.3 Å². The summed E-state index contributed by atoms with van der Waals surface area (Å²) in [5, 5.41) is 15.0. The molecule has 0 radical (unpaired) electrons. The molecule has 2 aromatic heterocycles. The van der Waals surface area contributed by atoms with Gasteiger partial charge in [0.2, 0.25) is 0 Å². The van der Waals surface area contributed by atoms with Gasteiger partial charge in [-0.3, -0.25) is 28.7 Å². The first-order chi connectivity index (χ1) is 24.8. The van der Waals surface area contributed by atoms with Crippen LogP contribution in [0.15, 0.2) is 87.5 Å². The van der Waals surface area contributed by atoms with E-state index in [1.807, 2.05) is 4.72 Å². The fraction of sp³-hybridized carbons (Fsp3) is 0.222. The zero-order valence-electron chi connectivity index (χ0n) is 29.0. The van der Waals surface area contributed by atoms with Crippen molar-refractivity contribution in [1.29, 1.82) is 0 Å². The van der Waals surface area contributed by atoms with E-state index >= 15 is 8.78 Å². The third kappa shape index (κ3) is 8.14. The second-order valence-corrected chi connectivity index (χ2v) is 14.9. The number of benzene rings is 3. The van der Waals surface area contributed by atoms with E-state index in [1.165, 1.54) is 73.4 Å². The average molecular weight is 749 g/mol. The van der Waals surface area contributed by atoms with Crippen molar-refractivity contribution in [2.75, 3.05) is 4.72 Å². The molecule has 0 aliphatic carbocycles.